The van der Waals surface area contributed by atoms with Crippen LogP contribution in [-0.4, -0.2) is 30.3 Å². The predicted molar refractivity (Wildman–Crippen MR) is 66.4 cm³/mol. The first-order valence-electron chi connectivity index (χ1n) is 6.78. The fourth-order valence-electron chi connectivity index (χ4n) is 3.20. The van der Waals surface area contributed by atoms with Crippen molar-refractivity contribution in [2.45, 2.75) is 57.4 Å². The predicted octanol–water partition coefficient (Wildman–Crippen LogP) is 2.87. The summed E-state index contributed by atoms with van der Waals surface area (Å²) in [5, 5.41) is 0. The Labute approximate surface area is 99.4 Å². The van der Waals surface area contributed by atoms with Crippen LogP contribution in [0, 0.1) is 11.8 Å². The number of carbonyl (C=O) groups is 1. The van der Waals surface area contributed by atoms with Gasteiger partial charge in [0.25, 0.3) is 0 Å². The Morgan fingerprint density at radius 1 is 1.12 bits per heavy atom. The van der Waals surface area contributed by atoms with Crippen LogP contribution < -0.4 is 0 Å². The van der Waals surface area contributed by atoms with Crippen LogP contribution in [0.2, 0.25) is 0 Å². The molecule has 2 aliphatic carbocycles. The summed E-state index contributed by atoms with van der Waals surface area (Å²) in [5.74, 6) is 1.74. The average molecular weight is 223 g/mol. The quantitative estimate of drug-likeness (QED) is 0.733. The Bertz CT molecular complexity index is 260. The molecule has 0 aromatic carbocycles. The van der Waals surface area contributed by atoms with E-state index in [0.717, 1.165) is 31.6 Å². The van der Waals surface area contributed by atoms with Crippen molar-refractivity contribution >= 4 is 5.78 Å². The zero-order valence-electron chi connectivity index (χ0n) is 11.0. The van der Waals surface area contributed by atoms with Gasteiger partial charge in [-0.2, -0.15) is 0 Å². The van der Waals surface area contributed by atoms with Crippen LogP contribution in [0.1, 0.15) is 51.9 Å². The maximum Gasteiger partial charge on any atom is 0.156 e. The molecular formula is C14H25NO. The molecule has 2 saturated carbocycles. The van der Waals surface area contributed by atoms with Crippen molar-refractivity contribution in [3.63, 3.8) is 0 Å². The van der Waals surface area contributed by atoms with Crippen molar-refractivity contribution in [2.24, 2.45) is 11.8 Å². The van der Waals surface area contributed by atoms with Gasteiger partial charge in [-0.1, -0.05) is 13.3 Å². The molecule has 0 bridgehead atoms. The van der Waals surface area contributed by atoms with Crippen molar-refractivity contribution in [2.75, 3.05) is 14.1 Å². The Kier molecular flexibility index (Phi) is 3.39. The summed E-state index contributed by atoms with van der Waals surface area (Å²) in [6.07, 6.45) is 8.14. The summed E-state index contributed by atoms with van der Waals surface area (Å²) in [6, 6.07) is 0. The number of hydrogen-bond acceptors (Lipinski definition) is 2. The van der Waals surface area contributed by atoms with E-state index in [9.17, 15) is 4.79 Å². The standard InChI is InChI=1S/C14H25NO/c1-11-7-9-14(10-8-11,15(2)3)13(16)12-5-4-6-12/h11-12H,4-10H2,1-3H3. The molecule has 2 rings (SSSR count). The highest BCUT2D eigenvalue weighted by Gasteiger charge is 2.46. The van der Waals surface area contributed by atoms with Gasteiger partial charge in [0.05, 0.1) is 5.54 Å². The highest BCUT2D eigenvalue weighted by Crippen LogP contribution is 2.41. The van der Waals surface area contributed by atoms with E-state index in [4.69, 9.17) is 0 Å². The first kappa shape index (κ1) is 12.1. The van der Waals surface area contributed by atoms with Gasteiger partial charge in [-0.25, -0.2) is 0 Å². The van der Waals surface area contributed by atoms with E-state index in [1.165, 1.54) is 19.3 Å². The van der Waals surface area contributed by atoms with Gasteiger partial charge in [0.15, 0.2) is 5.78 Å². The minimum absolute atomic E-state index is 0.113. The van der Waals surface area contributed by atoms with E-state index in [-0.39, 0.29) is 5.54 Å². The fraction of sp³-hybridized carbons (Fsp3) is 0.929. The first-order valence-corrected chi connectivity index (χ1v) is 6.78. The number of nitrogens with zero attached hydrogens (tertiary/aromatic N) is 1. The van der Waals surface area contributed by atoms with E-state index in [1.54, 1.807) is 0 Å². The topological polar surface area (TPSA) is 20.3 Å². The normalized spacial score (nSPS) is 36.1. The second kappa shape index (κ2) is 4.48. The number of likely N-dealkylation sites (N-methyl/N-ethyl adjacent to an activating group) is 1. The van der Waals surface area contributed by atoms with E-state index >= 15 is 0 Å². The summed E-state index contributed by atoms with van der Waals surface area (Å²) in [4.78, 5) is 14.8. The second-order valence-electron chi connectivity index (χ2n) is 6.10. The van der Waals surface area contributed by atoms with Crippen LogP contribution in [0.5, 0.6) is 0 Å². The molecule has 0 heterocycles. The van der Waals surface area contributed by atoms with E-state index in [0.29, 0.717) is 11.7 Å². The van der Waals surface area contributed by atoms with Crippen molar-refractivity contribution < 1.29 is 4.79 Å². The summed E-state index contributed by atoms with van der Waals surface area (Å²) in [7, 11) is 4.18. The molecule has 0 unspecified atom stereocenters. The van der Waals surface area contributed by atoms with Crippen molar-refractivity contribution in [3.8, 4) is 0 Å². The lowest BCUT2D eigenvalue weighted by molar-refractivity contribution is -0.139. The molecule has 0 radical (unpaired) electrons. The summed E-state index contributed by atoms with van der Waals surface area (Å²) in [5.41, 5.74) is -0.113. The minimum atomic E-state index is -0.113. The molecule has 0 spiro atoms. The fourth-order valence-corrected chi connectivity index (χ4v) is 3.20. The van der Waals surface area contributed by atoms with Crippen LogP contribution >= 0.6 is 0 Å². The molecular weight excluding hydrogens is 198 g/mol. The second-order valence-corrected chi connectivity index (χ2v) is 6.10. The molecule has 92 valence electrons. The number of ketones is 1. The summed E-state index contributed by atoms with van der Waals surface area (Å²) >= 11 is 0. The third-order valence-corrected chi connectivity index (χ3v) is 4.89. The molecule has 0 aromatic heterocycles. The zero-order valence-corrected chi connectivity index (χ0v) is 11.0. The van der Waals surface area contributed by atoms with Crippen LogP contribution in [0.3, 0.4) is 0 Å². The lowest BCUT2D eigenvalue weighted by Crippen LogP contribution is -2.56. The van der Waals surface area contributed by atoms with Crippen molar-refractivity contribution in [1.82, 2.24) is 4.90 Å². The maximum absolute atomic E-state index is 12.6. The number of carbonyl (C=O) groups excluding carboxylic acids is 1. The minimum Gasteiger partial charge on any atom is -0.297 e. The molecule has 0 amide bonds. The monoisotopic (exact) mass is 223 g/mol. The van der Waals surface area contributed by atoms with Gasteiger partial charge in [-0.15, -0.1) is 0 Å². The SMILES string of the molecule is CC1CCC(C(=O)C2CCC2)(N(C)C)CC1. The van der Waals surface area contributed by atoms with E-state index < -0.39 is 0 Å². The number of Topliss-reactive ketones (excluding diaryl/α,β-unsaturated/α-hetero) is 1. The Morgan fingerprint density at radius 2 is 1.69 bits per heavy atom. The molecule has 0 aromatic rings. The molecule has 2 fully saturated rings. The highest BCUT2D eigenvalue weighted by molar-refractivity contribution is 5.91. The lowest BCUT2D eigenvalue weighted by Gasteiger charge is -2.46. The van der Waals surface area contributed by atoms with Crippen LogP contribution in [0.4, 0.5) is 0 Å². The Hall–Kier alpha value is -0.370. The highest BCUT2D eigenvalue weighted by atomic mass is 16.1. The Balaban J connectivity index is 2.11. The number of rotatable bonds is 3. The first-order chi connectivity index (χ1) is 7.56. The Morgan fingerprint density at radius 3 is 2.06 bits per heavy atom. The van der Waals surface area contributed by atoms with Gasteiger partial charge in [0.2, 0.25) is 0 Å². The van der Waals surface area contributed by atoms with Gasteiger partial charge in [0, 0.05) is 5.92 Å². The largest absolute Gasteiger partial charge is 0.297 e. The van der Waals surface area contributed by atoms with Gasteiger partial charge < -0.3 is 0 Å². The molecule has 0 aliphatic heterocycles. The summed E-state index contributed by atoms with van der Waals surface area (Å²) in [6.45, 7) is 2.31. The van der Waals surface area contributed by atoms with Gasteiger partial charge in [-0.05, 0) is 58.5 Å². The smallest absolute Gasteiger partial charge is 0.156 e. The molecule has 2 nitrogen and oxygen atoms in total. The van der Waals surface area contributed by atoms with Crippen LogP contribution in [-0.2, 0) is 4.79 Å². The lowest BCUT2D eigenvalue weighted by atomic mass is 9.67. The van der Waals surface area contributed by atoms with E-state index in [2.05, 4.69) is 25.9 Å². The van der Waals surface area contributed by atoms with Gasteiger partial charge in [0.1, 0.15) is 0 Å². The maximum atomic E-state index is 12.6. The van der Waals surface area contributed by atoms with Crippen LogP contribution in [0.15, 0.2) is 0 Å². The third kappa shape index (κ3) is 1.92. The zero-order chi connectivity index (χ0) is 11.8. The van der Waals surface area contributed by atoms with Crippen molar-refractivity contribution in [1.29, 1.82) is 0 Å². The third-order valence-electron chi connectivity index (χ3n) is 4.89. The van der Waals surface area contributed by atoms with Gasteiger partial charge >= 0.3 is 0 Å². The summed E-state index contributed by atoms with van der Waals surface area (Å²) < 4.78 is 0. The van der Waals surface area contributed by atoms with Gasteiger partial charge in [-0.3, -0.25) is 9.69 Å². The molecule has 0 N–H and O–H groups in total. The molecule has 2 aliphatic rings. The molecule has 16 heavy (non-hydrogen) atoms. The van der Waals surface area contributed by atoms with Crippen molar-refractivity contribution in [3.05, 3.63) is 0 Å². The molecule has 0 atom stereocenters. The van der Waals surface area contributed by atoms with E-state index in [1.807, 2.05) is 0 Å². The molecule has 2 heteroatoms. The average Bonchev–Trinajstić information content (AvgIpc) is 2.15. The molecule has 0 saturated heterocycles. The number of hydrogen-bond donors (Lipinski definition) is 0. The van der Waals surface area contributed by atoms with Crippen LogP contribution in [0.25, 0.3) is 0 Å².